The van der Waals surface area contributed by atoms with E-state index in [0.717, 1.165) is 22.2 Å². The zero-order valence-electron chi connectivity index (χ0n) is 12.4. The highest BCUT2D eigenvalue weighted by Crippen LogP contribution is 2.32. The number of aliphatic hydroxyl groups is 1. The number of benzene rings is 3. The molecule has 1 aromatic heterocycles. The molecule has 4 rings (SSSR count). The summed E-state index contributed by atoms with van der Waals surface area (Å²) in [5.74, 6) is 0. The van der Waals surface area contributed by atoms with E-state index in [2.05, 4.69) is 10.3 Å². The van der Waals surface area contributed by atoms with Crippen molar-refractivity contribution in [3.05, 3.63) is 96.1 Å². The number of fused-ring (bicyclic) bond motifs is 1. The van der Waals surface area contributed by atoms with Crippen LogP contribution in [0.3, 0.4) is 0 Å². The Labute approximate surface area is 133 Å². The molecule has 0 spiro atoms. The predicted octanol–water partition coefficient (Wildman–Crippen LogP) is 3.17. The fourth-order valence-corrected chi connectivity index (χ4v) is 2.86. The second-order valence-corrected chi connectivity index (χ2v) is 5.39. The maximum Gasteiger partial charge on any atom is 0.213 e. The van der Waals surface area contributed by atoms with E-state index < -0.39 is 5.72 Å². The molecule has 3 aromatic carbocycles. The Hall–Kier alpha value is -2.98. The van der Waals surface area contributed by atoms with Gasteiger partial charge in [-0.1, -0.05) is 78.0 Å². The van der Waals surface area contributed by atoms with Gasteiger partial charge in [0.05, 0.1) is 5.52 Å². The molecule has 4 aromatic rings. The molecule has 1 N–H and O–H groups in total. The quantitative estimate of drug-likeness (QED) is 0.632. The van der Waals surface area contributed by atoms with Crippen LogP contribution in [0.2, 0.25) is 0 Å². The summed E-state index contributed by atoms with van der Waals surface area (Å²) in [5.41, 5.74) is 1.59. The number of rotatable bonds is 3. The molecule has 23 heavy (non-hydrogen) atoms. The summed E-state index contributed by atoms with van der Waals surface area (Å²) in [4.78, 5) is 0. The molecule has 4 nitrogen and oxygen atoms in total. The van der Waals surface area contributed by atoms with Crippen LogP contribution in [0.4, 0.5) is 0 Å². The minimum atomic E-state index is -1.42. The predicted molar refractivity (Wildman–Crippen MR) is 88.8 cm³/mol. The van der Waals surface area contributed by atoms with Crippen LogP contribution in [0, 0.1) is 0 Å². The zero-order valence-corrected chi connectivity index (χ0v) is 12.4. The van der Waals surface area contributed by atoms with Gasteiger partial charge in [-0.15, -0.1) is 5.10 Å². The largest absolute Gasteiger partial charge is 0.362 e. The summed E-state index contributed by atoms with van der Waals surface area (Å²) in [7, 11) is 0. The van der Waals surface area contributed by atoms with E-state index in [-0.39, 0.29) is 0 Å². The Morgan fingerprint density at radius 3 is 1.83 bits per heavy atom. The summed E-state index contributed by atoms with van der Waals surface area (Å²) in [6.45, 7) is 0. The van der Waals surface area contributed by atoms with E-state index in [1.807, 2.05) is 84.9 Å². The highest BCUT2D eigenvalue weighted by Gasteiger charge is 2.36. The monoisotopic (exact) mass is 301 g/mol. The number of hydrogen-bond donors (Lipinski definition) is 1. The molecule has 0 aliphatic heterocycles. The van der Waals surface area contributed by atoms with Crippen molar-refractivity contribution in [3.63, 3.8) is 0 Å². The molecule has 0 aliphatic carbocycles. The molecule has 112 valence electrons. The second-order valence-electron chi connectivity index (χ2n) is 5.39. The third kappa shape index (κ3) is 2.12. The molecule has 0 amide bonds. The first-order valence-electron chi connectivity index (χ1n) is 7.44. The average Bonchev–Trinajstić information content (AvgIpc) is 3.07. The minimum absolute atomic E-state index is 0.738. The van der Waals surface area contributed by atoms with Crippen molar-refractivity contribution in [2.75, 3.05) is 0 Å². The van der Waals surface area contributed by atoms with Crippen LogP contribution in [-0.2, 0) is 5.72 Å². The van der Waals surface area contributed by atoms with E-state index in [9.17, 15) is 5.11 Å². The molecule has 0 bridgehead atoms. The number of hydrogen-bond acceptors (Lipinski definition) is 3. The van der Waals surface area contributed by atoms with E-state index >= 15 is 0 Å². The van der Waals surface area contributed by atoms with Crippen LogP contribution in [0.25, 0.3) is 11.0 Å². The Morgan fingerprint density at radius 2 is 1.22 bits per heavy atom. The number of aromatic nitrogens is 3. The molecular weight excluding hydrogens is 286 g/mol. The topological polar surface area (TPSA) is 50.9 Å². The van der Waals surface area contributed by atoms with Gasteiger partial charge in [0.2, 0.25) is 5.72 Å². The van der Waals surface area contributed by atoms with Gasteiger partial charge in [-0.25, -0.2) is 4.68 Å². The molecule has 0 unspecified atom stereocenters. The first-order chi connectivity index (χ1) is 11.3. The number of nitrogens with zero attached hydrogens (tertiary/aromatic N) is 3. The van der Waals surface area contributed by atoms with Crippen molar-refractivity contribution in [2.24, 2.45) is 0 Å². The van der Waals surface area contributed by atoms with Crippen molar-refractivity contribution in [3.8, 4) is 0 Å². The second kappa shape index (κ2) is 5.34. The lowest BCUT2D eigenvalue weighted by atomic mass is 9.94. The summed E-state index contributed by atoms with van der Waals surface area (Å²) in [6.07, 6.45) is 0. The van der Waals surface area contributed by atoms with Crippen LogP contribution < -0.4 is 0 Å². The van der Waals surface area contributed by atoms with Crippen LogP contribution in [0.1, 0.15) is 11.1 Å². The van der Waals surface area contributed by atoms with E-state index in [4.69, 9.17) is 0 Å². The van der Waals surface area contributed by atoms with Gasteiger partial charge in [-0.3, -0.25) is 0 Å². The lowest BCUT2D eigenvalue weighted by Gasteiger charge is -2.29. The highest BCUT2D eigenvalue weighted by atomic mass is 16.3. The molecule has 4 heteroatoms. The Morgan fingerprint density at radius 1 is 0.696 bits per heavy atom. The molecule has 0 aliphatic rings. The molecule has 0 fully saturated rings. The molecule has 0 radical (unpaired) electrons. The number of para-hydroxylation sites is 1. The third-order valence-electron chi connectivity index (χ3n) is 4.01. The van der Waals surface area contributed by atoms with Crippen molar-refractivity contribution in [1.29, 1.82) is 0 Å². The van der Waals surface area contributed by atoms with Gasteiger partial charge in [-0.05, 0) is 12.1 Å². The van der Waals surface area contributed by atoms with Crippen LogP contribution in [0.5, 0.6) is 0 Å². The van der Waals surface area contributed by atoms with Gasteiger partial charge in [0.1, 0.15) is 5.52 Å². The minimum Gasteiger partial charge on any atom is -0.362 e. The molecule has 0 saturated heterocycles. The van der Waals surface area contributed by atoms with Gasteiger partial charge in [0, 0.05) is 11.1 Å². The molecule has 0 atom stereocenters. The van der Waals surface area contributed by atoms with Gasteiger partial charge in [-0.2, -0.15) is 0 Å². The fourth-order valence-electron chi connectivity index (χ4n) is 2.86. The normalized spacial score (nSPS) is 11.7. The summed E-state index contributed by atoms with van der Waals surface area (Å²) in [5, 5.41) is 20.1. The van der Waals surface area contributed by atoms with Crippen molar-refractivity contribution < 1.29 is 5.11 Å². The zero-order chi connectivity index (χ0) is 15.7. The Kier molecular flexibility index (Phi) is 3.17. The Bertz CT molecular complexity index is 893. The first-order valence-corrected chi connectivity index (χ1v) is 7.44. The van der Waals surface area contributed by atoms with Gasteiger partial charge < -0.3 is 5.11 Å². The first kappa shape index (κ1) is 13.7. The SMILES string of the molecule is OC(c1ccccc1)(c1ccccc1)n1nnc2ccccc21. The van der Waals surface area contributed by atoms with Crippen molar-refractivity contribution >= 4 is 11.0 Å². The van der Waals surface area contributed by atoms with Crippen molar-refractivity contribution in [2.45, 2.75) is 5.72 Å². The lowest BCUT2D eigenvalue weighted by molar-refractivity contribution is 0.0385. The Balaban J connectivity index is 2.04. The van der Waals surface area contributed by atoms with Gasteiger partial charge in [0.15, 0.2) is 0 Å². The van der Waals surface area contributed by atoms with Gasteiger partial charge >= 0.3 is 0 Å². The van der Waals surface area contributed by atoms with Crippen LogP contribution >= 0.6 is 0 Å². The van der Waals surface area contributed by atoms with Crippen LogP contribution in [0.15, 0.2) is 84.9 Å². The maximum atomic E-state index is 11.7. The molecule has 0 saturated carbocycles. The van der Waals surface area contributed by atoms with Crippen LogP contribution in [-0.4, -0.2) is 20.1 Å². The maximum absolute atomic E-state index is 11.7. The summed E-state index contributed by atoms with van der Waals surface area (Å²) in [6, 6.07) is 26.7. The molecular formula is C19H15N3O. The summed E-state index contributed by atoms with van der Waals surface area (Å²) < 4.78 is 1.58. The lowest BCUT2D eigenvalue weighted by Crippen LogP contribution is -2.37. The standard InChI is InChI=1S/C19H15N3O/c23-19(15-9-3-1-4-10-15,16-11-5-2-6-12-16)22-18-14-8-7-13-17(18)20-21-22/h1-14,23H. The summed E-state index contributed by atoms with van der Waals surface area (Å²) >= 11 is 0. The van der Waals surface area contributed by atoms with E-state index in [1.165, 1.54) is 0 Å². The van der Waals surface area contributed by atoms with Gasteiger partial charge in [0.25, 0.3) is 0 Å². The fraction of sp³-hybridized carbons (Fsp3) is 0.0526. The molecule has 1 heterocycles. The third-order valence-corrected chi connectivity index (χ3v) is 4.01. The smallest absolute Gasteiger partial charge is 0.213 e. The van der Waals surface area contributed by atoms with E-state index in [1.54, 1.807) is 4.68 Å². The highest BCUT2D eigenvalue weighted by molar-refractivity contribution is 5.74. The van der Waals surface area contributed by atoms with Crippen molar-refractivity contribution in [1.82, 2.24) is 15.0 Å². The average molecular weight is 301 g/mol. The van der Waals surface area contributed by atoms with E-state index in [0.29, 0.717) is 0 Å².